The molecule has 1 aliphatic rings. The first-order chi connectivity index (χ1) is 11.5. The van der Waals surface area contributed by atoms with Crippen LogP contribution in [0.4, 0.5) is 5.69 Å². The van der Waals surface area contributed by atoms with Crippen LogP contribution >= 0.6 is 15.9 Å². The second-order valence-electron chi connectivity index (χ2n) is 5.03. The number of aromatic hydroxyl groups is 1. The smallest absolute Gasteiger partial charge is 0.282 e. The number of rotatable bonds is 3. The number of methoxy groups -OCH3 is 1. The molecule has 2 aromatic carbocycles. The number of hydrogen-bond donors (Lipinski definition) is 2. The van der Waals surface area contributed by atoms with Crippen molar-refractivity contribution in [3.63, 3.8) is 0 Å². The topological polar surface area (TPSA) is 78.9 Å². The Morgan fingerprint density at radius 1 is 1.21 bits per heavy atom. The number of anilines is 1. The Balaban J connectivity index is 1.98. The number of halogens is 1. The summed E-state index contributed by atoms with van der Waals surface area (Å²) < 4.78 is 5.47. The van der Waals surface area contributed by atoms with Crippen LogP contribution in [0.15, 0.2) is 52.5 Å². The maximum Gasteiger partial charge on any atom is 0.282 e. The number of ether oxygens (including phenoxy) is 1. The minimum atomic E-state index is -0.494. The zero-order valence-corrected chi connectivity index (χ0v) is 14.2. The summed E-state index contributed by atoms with van der Waals surface area (Å²) in [6.07, 6.45) is 1.45. The normalized spacial score (nSPS) is 15.8. The first-order valence-electron chi connectivity index (χ1n) is 7.00. The van der Waals surface area contributed by atoms with Gasteiger partial charge in [0.05, 0.1) is 17.3 Å². The summed E-state index contributed by atoms with van der Waals surface area (Å²) in [5.74, 6) is -0.754. The summed E-state index contributed by atoms with van der Waals surface area (Å²) in [4.78, 5) is 24.7. The van der Waals surface area contributed by atoms with Crippen molar-refractivity contribution in [2.45, 2.75) is 0 Å². The van der Waals surface area contributed by atoms with Crippen LogP contribution in [0.1, 0.15) is 5.56 Å². The number of phenolic OH excluding ortho intramolecular Hbond substituents is 1. The highest BCUT2D eigenvalue weighted by Crippen LogP contribution is 2.36. The van der Waals surface area contributed by atoms with E-state index in [4.69, 9.17) is 4.74 Å². The molecule has 0 unspecified atom stereocenters. The molecule has 3 rings (SSSR count). The van der Waals surface area contributed by atoms with Crippen LogP contribution in [0.3, 0.4) is 0 Å². The molecule has 0 aliphatic carbocycles. The molecule has 1 saturated heterocycles. The predicted octanol–water partition coefficient (Wildman–Crippen LogP) is 2.62. The summed E-state index contributed by atoms with van der Waals surface area (Å²) in [5.41, 5.74) is 3.65. The van der Waals surface area contributed by atoms with E-state index < -0.39 is 11.8 Å². The molecule has 0 atom stereocenters. The van der Waals surface area contributed by atoms with Gasteiger partial charge in [-0.1, -0.05) is 18.2 Å². The Hall–Kier alpha value is -2.80. The summed E-state index contributed by atoms with van der Waals surface area (Å²) in [7, 11) is 1.42. The van der Waals surface area contributed by atoms with Crippen LogP contribution in [0.5, 0.6) is 11.5 Å². The van der Waals surface area contributed by atoms with Gasteiger partial charge >= 0.3 is 0 Å². The Bertz CT molecular complexity index is 849. The second kappa shape index (κ2) is 6.37. The average Bonchev–Trinajstić information content (AvgIpc) is 2.87. The van der Waals surface area contributed by atoms with Crippen molar-refractivity contribution in [1.29, 1.82) is 0 Å². The van der Waals surface area contributed by atoms with Crippen molar-refractivity contribution in [3.05, 3.63) is 58.1 Å². The van der Waals surface area contributed by atoms with Gasteiger partial charge in [0.25, 0.3) is 11.8 Å². The summed E-state index contributed by atoms with van der Waals surface area (Å²) in [6.45, 7) is 0. The number of phenols is 1. The Labute approximate surface area is 146 Å². The van der Waals surface area contributed by atoms with Gasteiger partial charge in [0.1, 0.15) is 5.57 Å². The van der Waals surface area contributed by atoms with E-state index in [2.05, 4.69) is 21.4 Å². The van der Waals surface area contributed by atoms with Crippen LogP contribution in [-0.2, 0) is 9.59 Å². The molecule has 1 aliphatic heterocycles. The third-order valence-electron chi connectivity index (χ3n) is 3.49. The van der Waals surface area contributed by atoms with Crippen LogP contribution < -0.4 is 15.2 Å². The molecule has 1 fully saturated rings. The molecule has 0 aromatic heterocycles. The molecular formula is C17H13BrN2O4. The first-order valence-corrected chi connectivity index (χ1v) is 7.79. The number of hydrazine groups is 1. The van der Waals surface area contributed by atoms with Gasteiger partial charge in [-0.25, -0.2) is 5.01 Å². The summed E-state index contributed by atoms with van der Waals surface area (Å²) >= 11 is 3.21. The second-order valence-corrected chi connectivity index (χ2v) is 5.88. The minimum Gasteiger partial charge on any atom is -0.503 e. The predicted molar refractivity (Wildman–Crippen MR) is 92.4 cm³/mol. The van der Waals surface area contributed by atoms with Crippen molar-refractivity contribution in [2.24, 2.45) is 0 Å². The van der Waals surface area contributed by atoms with E-state index in [1.54, 1.807) is 36.4 Å². The zero-order valence-electron chi connectivity index (χ0n) is 12.6. The van der Waals surface area contributed by atoms with Crippen molar-refractivity contribution in [3.8, 4) is 11.5 Å². The summed E-state index contributed by atoms with van der Waals surface area (Å²) in [6, 6.07) is 12.0. The molecule has 2 N–H and O–H groups in total. The third-order valence-corrected chi connectivity index (χ3v) is 4.09. The van der Waals surface area contributed by atoms with E-state index in [0.29, 0.717) is 15.7 Å². The Kier molecular flexibility index (Phi) is 4.26. The fourth-order valence-corrected chi connectivity index (χ4v) is 2.78. The number of benzene rings is 2. The van der Waals surface area contributed by atoms with E-state index in [9.17, 15) is 14.7 Å². The van der Waals surface area contributed by atoms with Gasteiger partial charge in [-0.3, -0.25) is 15.0 Å². The van der Waals surface area contributed by atoms with Crippen molar-refractivity contribution >= 4 is 39.5 Å². The maximum absolute atomic E-state index is 12.5. The minimum absolute atomic E-state index is 0.00139. The van der Waals surface area contributed by atoms with Gasteiger partial charge in [0.2, 0.25) is 0 Å². The molecule has 1 heterocycles. The number of carbonyl (C=O) groups is 2. The SMILES string of the molecule is COc1cc(/C=C2/C(=O)NN(c3ccccc3)C2=O)cc(Br)c1O. The molecule has 0 bridgehead atoms. The monoisotopic (exact) mass is 388 g/mol. The van der Waals surface area contributed by atoms with Crippen LogP contribution in [0, 0.1) is 0 Å². The fourth-order valence-electron chi connectivity index (χ4n) is 2.32. The molecule has 0 saturated carbocycles. The Morgan fingerprint density at radius 3 is 2.58 bits per heavy atom. The highest BCUT2D eigenvalue weighted by Gasteiger charge is 2.34. The zero-order chi connectivity index (χ0) is 17.3. The maximum atomic E-state index is 12.5. The number of hydrogen-bond acceptors (Lipinski definition) is 4. The van der Waals surface area contributed by atoms with Gasteiger partial charge in [-0.15, -0.1) is 0 Å². The van der Waals surface area contributed by atoms with Crippen LogP contribution in [-0.4, -0.2) is 24.0 Å². The largest absolute Gasteiger partial charge is 0.503 e. The highest BCUT2D eigenvalue weighted by atomic mass is 79.9. The van der Waals surface area contributed by atoms with E-state index in [0.717, 1.165) is 0 Å². The number of para-hydroxylation sites is 1. The number of amides is 2. The van der Waals surface area contributed by atoms with Gasteiger partial charge < -0.3 is 9.84 Å². The number of carbonyl (C=O) groups excluding carboxylic acids is 2. The van der Waals surface area contributed by atoms with E-state index >= 15 is 0 Å². The van der Waals surface area contributed by atoms with E-state index in [1.165, 1.54) is 18.2 Å². The first kappa shape index (κ1) is 16.1. The van der Waals surface area contributed by atoms with Gasteiger partial charge in [0, 0.05) is 0 Å². The highest BCUT2D eigenvalue weighted by molar-refractivity contribution is 9.10. The molecule has 24 heavy (non-hydrogen) atoms. The lowest BCUT2D eigenvalue weighted by molar-refractivity contribution is -0.117. The lowest BCUT2D eigenvalue weighted by Gasteiger charge is -2.13. The Morgan fingerprint density at radius 2 is 1.92 bits per heavy atom. The van der Waals surface area contributed by atoms with Gasteiger partial charge in [-0.2, -0.15) is 0 Å². The van der Waals surface area contributed by atoms with Gasteiger partial charge in [-0.05, 0) is 51.8 Å². The number of nitrogens with zero attached hydrogens (tertiary/aromatic N) is 1. The van der Waals surface area contributed by atoms with Crippen molar-refractivity contribution in [2.75, 3.05) is 12.1 Å². The number of nitrogens with one attached hydrogen (secondary N) is 1. The summed E-state index contributed by atoms with van der Waals surface area (Å²) in [5, 5.41) is 11.0. The van der Waals surface area contributed by atoms with Crippen molar-refractivity contribution < 1.29 is 19.4 Å². The fraction of sp³-hybridized carbons (Fsp3) is 0.0588. The van der Waals surface area contributed by atoms with Crippen LogP contribution in [0.2, 0.25) is 0 Å². The molecule has 0 radical (unpaired) electrons. The lowest BCUT2D eigenvalue weighted by Crippen LogP contribution is -2.35. The van der Waals surface area contributed by atoms with Crippen molar-refractivity contribution in [1.82, 2.24) is 5.43 Å². The third kappa shape index (κ3) is 2.85. The molecule has 2 amide bonds. The van der Waals surface area contributed by atoms with Gasteiger partial charge in [0.15, 0.2) is 11.5 Å². The standard InChI is InChI=1S/C17H13BrN2O4/c1-24-14-9-10(8-13(18)15(14)21)7-12-16(22)19-20(17(12)23)11-5-3-2-4-6-11/h2-9,21H,1H3,(H,19,22)/b12-7-. The average molecular weight is 389 g/mol. The molecule has 2 aromatic rings. The van der Waals surface area contributed by atoms with E-state index in [1.807, 2.05) is 6.07 Å². The van der Waals surface area contributed by atoms with E-state index in [-0.39, 0.29) is 17.1 Å². The quantitative estimate of drug-likeness (QED) is 0.625. The lowest BCUT2D eigenvalue weighted by atomic mass is 10.1. The molecule has 7 heteroatoms. The molecule has 122 valence electrons. The molecular weight excluding hydrogens is 376 g/mol. The molecule has 0 spiro atoms. The van der Waals surface area contributed by atoms with Crippen LogP contribution in [0.25, 0.3) is 6.08 Å². The molecule has 6 nitrogen and oxygen atoms in total.